The highest BCUT2D eigenvalue weighted by molar-refractivity contribution is 6.44. The Labute approximate surface area is 115 Å². The summed E-state index contributed by atoms with van der Waals surface area (Å²) in [6.45, 7) is 4.53. The van der Waals surface area contributed by atoms with E-state index in [1.165, 1.54) is 4.68 Å². The van der Waals surface area contributed by atoms with Crippen LogP contribution in [-0.2, 0) is 22.7 Å². The van der Waals surface area contributed by atoms with Gasteiger partial charge in [0.1, 0.15) is 0 Å². The third kappa shape index (κ3) is 2.38. The molecule has 9 heteroatoms. The first-order valence-corrected chi connectivity index (χ1v) is 6.52. The lowest BCUT2D eigenvalue weighted by Gasteiger charge is -2.14. The van der Waals surface area contributed by atoms with Gasteiger partial charge in [0.05, 0.1) is 6.54 Å². The number of hydrogen-bond acceptors (Lipinski definition) is 6. The van der Waals surface area contributed by atoms with E-state index in [0.29, 0.717) is 18.8 Å². The fourth-order valence-corrected chi connectivity index (χ4v) is 1.97. The summed E-state index contributed by atoms with van der Waals surface area (Å²) in [5.74, 6) is -1.22. The van der Waals surface area contributed by atoms with Crippen LogP contribution < -0.4 is 0 Å². The van der Waals surface area contributed by atoms with E-state index < -0.39 is 17.8 Å². The summed E-state index contributed by atoms with van der Waals surface area (Å²) in [7, 11) is 0. The maximum absolute atomic E-state index is 12.0. The van der Waals surface area contributed by atoms with Gasteiger partial charge in [-0.05, 0) is 23.3 Å². The van der Waals surface area contributed by atoms with Crippen molar-refractivity contribution >= 4 is 17.8 Å². The van der Waals surface area contributed by atoms with E-state index in [2.05, 4.69) is 15.5 Å². The van der Waals surface area contributed by atoms with Gasteiger partial charge in [-0.1, -0.05) is 13.8 Å². The summed E-state index contributed by atoms with van der Waals surface area (Å²) >= 11 is 0. The number of aromatic nitrogens is 4. The summed E-state index contributed by atoms with van der Waals surface area (Å²) in [4.78, 5) is 37.4. The second-order valence-corrected chi connectivity index (χ2v) is 4.45. The fourth-order valence-electron chi connectivity index (χ4n) is 1.97. The highest BCUT2D eigenvalue weighted by atomic mass is 16.2. The third-order valence-electron chi connectivity index (χ3n) is 2.92. The quantitative estimate of drug-likeness (QED) is 0.527. The summed E-state index contributed by atoms with van der Waals surface area (Å²) in [6.07, 6.45) is 1.42. The molecule has 2 heterocycles. The molecule has 0 aromatic carbocycles. The summed E-state index contributed by atoms with van der Waals surface area (Å²) in [5.41, 5.74) is 0. The smallest absolute Gasteiger partial charge is 0.263 e. The monoisotopic (exact) mass is 280 g/mol. The second kappa shape index (κ2) is 5.76. The summed E-state index contributed by atoms with van der Waals surface area (Å²) in [5, 5.41) is 11.1. The van der Waals surface area contributed by atoms with Crippen LogP contribution in [0.3, 0.4) is 0 Å². The lowest BCUT2D eigenvalue weighted by Crippen LogP contribution is -2.34. The maximum atomic E-state index is 12.0. The summed E-state index contributed by atoms with van der Waals surface area (Å²) in [6, 6.07) is -0.604. The molecule has 0 atom stereocenters. The number of imide groups is 2. The number of amides is 4. The molecule has 0 aliphatic carbocycles. The van der Waals surface area contributed by atoms with Gasteiger partial charge in [-0.2, -0.15) is 0 Å². The molecule has 9 nitrogen and oxygen atoms in total. The lowest BCUT2D eigenvalue weighted by molar-refractivity contribution is -0.143. The van der Waals surface area contributed by atoms with Crippen molar-refractivity contribution in [2.24, 2.45) is 0 Å². The van der Waals surface area contributed by atoms with E-state index in [1.807, 2.05) is 13.8 Å². The Hall–Kier alpha value is -2.32. The molecule has 0 spiro atoms. The first-order valence-electron chi connectivity index (χ1n) is 6.52. The largest absolute Gasteiger partial charge is 0.334 e. The predicted octanol–water partition coefficient (Wildman–Crippen LogP) is -0.216. The SMILES string of the molecule is CCCN1C(=O)C(=O)N(Cc2nnnn2CCC)C1=O. The predicted molar refractivity (Wildman–Crippen MR) is 66.1 cm³/mol. The molecule has 0 N–H and O–H groups in total. The van der Waals surface area contributed by atoms with Gasteiger partial charge < -0.3 is 0 Å². The van der Waals surface area contributed by atoms with Crippen LogP contribution >= 0.6 is 0 Å². The number of hydrogen-bond donors (Lipinski definition) is 0. The van der Waals surface area contributed by atoms with Crippen LogP contribution in [0.1, 0.15) is 32.5 Å². The molecular formula is C11H16N6O3. The minimum atomic E-state index is -0.825. The number of aryl methyl sites for hydroxylation is 1. The van der Waals surface area contributed by atoms with Crippen molar-refractivity contribution < 1.29 is 14.4 Å². The van der Waals surface area contributed by atoms with Crippen LogP contribution in [0.15, 0.2) is 0 Å². The number of rotatable bonds is 6. The molecular weight excluding hydrogens is 264 g/mol. The van der Waals surface area contributed by atoms with E-state index in [0.717, 1.165) is 16.2 Å². The van der Waals surface area contributed by atoms with Crippen molar-refractivity contribution in [3.05, 3.63) is 5.82 Å². The molecule has 1 fully saturated rings. The zero-order valence-corrected chi connectivity index (χ0v) is 11.4. The molecule has 1 aliphatic rings. The standard InChI is InChI=1S/C11H16N6O3/c1-3-5-15-9(18)10(19)16(11(15)20)7-8-12-13-14-17(8)6-4-2/h3-7H2,1-2H3. The first kappa shape index (κ1) is 14.1. The fraction of sp³-hybridized carbons (Fsp3) is 0.636. The van der Waals surface area contributed by atoms with Crippen molar-refractivity contribution in [2.45, 2.75) is 39.8 Å². The number of nitrogens with zero attached hydrogens (tertiary/aromatic N) is 6. The van der Waals surface area contributed by atoms with Crippen LogP contribution in [-0.4, -0.2) is 54.4 Å². The molecule has 0 saturated carbocycles. The van der Waals surface area contributed by atoms with Crippen molar-refractivity contribution in [2.75, 3.05) is 6.54 Å². The average Bonchev–Trinajstić information content (AvgIpc) is 2.94. The molecule has 0 unspecified atom stereocenters. The van der Waals surface area contributed by atoms with Gasteiger partial charge >= 0.3 is 17.8 Å². The number of carbonyl (C=O) groups excluding carboxylic acids is 3. The summed E-state index contributed by atoms with van der Waals surface area (Å²) < 4.78 is 1.52. The minimum absolute atomic E-state index is 0.0867. The van der Waals surface area contributed by atoms with Gasteiger partial charge in [-0.15, -0.1) is 5.10 Å². The van der Waals surface area contributed by atoms with E-state index in [-0.39, 0.29) is 13.1 Å². The Balaban J connectivity index is 2.16. The van der Waals surface area contributed by atoms with E-state index in [4.69, 9.17) is 0 Å². The van der Waals surface area contributed by atoms with Gasteiger partial charge in [-0.3, -0.25) is 14.5 Å². The van der Waals surface area contributed by atoms with Crippen LogP contribution in [0, 0.1) is 0 Å². The van der Waals surface area contributed by atoms with Gasteiger partial charge in [-0.25, -0.2) is 14.4 Å². The van der Waals surface area contributed by atoms with Crippen molar-refractivity contribution in [1.82, 2.24) is 30.0 Å². The normalized spacial score (nSPS) is 15.6. The molecule has 4 amide bonds. The molecule has 1 aromatic rings. The highest BCUT2D eigenvalue weighted by Crippen LogP contribution is 2.15. The highest BCUT2D eigenvalue weighted by Gasteiger charge is 2.44. The van der Waals surface area contributed by atoms with Crippen LogP contribution in [0.25, 0.3) is 0 Å². The molecule has 2 rings (SSSR count). The zero-order valence-electron chi connectivity index (χ0n) is 11.4. The molecule has 1 aromatic heterocycles. The van der Waals surface area contributed by atoms with Crippen molar-refractivity contribution in [1.29, 1.82) is 0 Å². The van der Waals surface area contributed by atoms with Crippen LogP contribution in [0.5, 0.6) is 0 Å². The zero-order chi connectivity index (χ0) is 14.7. The van der Waals surface area contributed by atoms with Gasteiger partial charge in [0.25, 0.3) is 0 Å². The van der Waals surface area contributed by atoms with E-state index >= 15 is 0 Å². The first-order chi connectivity index (χ1) is 9.60. The van der Waals surface area contributed by atoms with E-state index in [9.17, 15) is 14.4 Å². The number of tetrazole rings is 1. The Bertz CT molecular complexity index is 540. The minimum Gasteiger partial charge on any atom is -0.263 e. The third-order valence-corrected chi connectivity index (χ3v) is 2.92. The van der Waals surface area contributed by atoms with Gasteiger partial charge in [0.15, 0.2) is 5.82 Å². The number of carbonyl (C=O) groups is 3. The van der Waals surface area contributed by atoms with Crippen LogP contribution in [0.2, 0.25) is 0 Å². The van der Waals surface area contributed by atoms with Gasteiger partial charge in [0.2, 0.25) is 0 Å². The Morgan fingerprint density at radius 1 is 0.950 bits per heavy atom. The Kier molecular flexibility index (Phi) is 4.06. The Morgan fingerprint density at radius 3 is 2.25 bits per heavy atom. The molecule has 0 bridgehead atoms. The maximum Gasteiger partial charge on any atom is 0.334 e. The van der Waals surface area contributed by atoms with Gasteiger partial charge in [0, 0.05) is 13.1 Å². The molecule has 20 heavy (non-hydrogen) atoms. The molecule has 0 radical (unpaired) electrons. The topological polar surface area (TPSA) is 101 Å². The lowest BCUT2D eigenvalue weighted by atomic mass is 10.4. The Morgan fingerprint density at radius 2 is 1.60 bits per heavy atom. The second-order valence-electron chi connectivity index (χ2n) is 4.45. The van der Waals surface area contributed by atoms with E-state index in [1.54, 1.807) is 0 Å². The molecule has 1 saturated heterocycles. The van der Waals surface area contributed by atoms with Crippen molar-refractivity contribution in [3.63, 3.8) is 0 Å². The average molecular weight is 280 g/mol. The molecule has 1 aliphatic heterocycles. The van der Waals surface area contributed by atoms with Crippen molar-refractivity contribution in [3.8, 4) is 0 Å². The van der Waals surface area contributed by atoms with Crippen LogP contribution in [0.4, 0.5) is 4.79 Å². The molecule has 108 valence electrons. The number of urea groups is 1.